The third-order valence-electron chi connectivity index (χ3n) is 15.2. The molecule has 70 nitrogen and oxygen atoms in total. The van der Waals surface area contributed by atoms with E-state index in [-0.39, 0.29) is 39.8 Å². The van der Waals surface area contributed by atoms with Crippen molar-refractivity contribution >= 4 is 144 Å². The van der Waals surface area contributed by atoms with Crippen LogP contribution in [0.25, 0.3) is 22.3 Å². The number of hydrogen-bond donors (Lipinski definition) is 33. The van der Waals surface area contributed by atoms with Crippen LogP contribution in [-0.2, 0) is 106 Å². The fourth-order valence-electron chi connectivity index (χ4n) is 10.0. The third kappa shape index (κ3) is 31.8. The van der Waals surface area contributed by atoms with E-state index in [1.807, 2.05) is 5.32 Å². The summed E-state index contributed by atoms with van der Waals surface area (Å²) in [5.74, 6) is -8.67. The maximum atomic E-state index is 12.2. The summed E-state index contributed by atoms with van der Waals surface area (Å²) in [6.45, 7) is -3.22. The summed E-state index contributed by atoms with van der Waals surface area (Å²) in [5, 5.41) is 125. The number of phosphoric acid groups is 8. The summed E-state index contributed by atoms with van der Waals surface area (Å²) in [6.07, 6.45) is -18.0. The zero-order valence-electron chi connectivity index (χ0n) is 60.7. The van der Waals surface area contributed by atoms with E-state index in [9.17, 15) is 111 Å². The number of fused-ring (bicyclic) bond motifs is 2. The van der Waals surface area contributed by atoms with Gasteiger partial charge >= 0.3 is 92.4 Å². The second-order valence-electron chi connectivity index (χ2n) is 24.2. The van der Waals surface area contributed by atoms with Crippen molar-refractivity contribution in [3.05, 3.63) is 49.4 Å². The second kappa shape index (κ2) is 43.2. The Bertz CT molecular complexity index is 5140. The molecule has 124 heavy (non-hydrogen) atoms. The lowest BCUT2D eigenvalue weighted by Crippen LogP contribution is -2.42. The number of aliphatic carboxylic acids is 4. The van der Waals surface area contributed by atoms with E-state index >= 15 is 0 Å². The lowest BCUT2D eigenvalue weighted by atomic mass is 10.1. The summed E-state index contributed by atoms with van der Waals surface area (Å²) in [5.41, 5.74) is 27.3. The lowest BCUT2D eigenvalue weighted by molar-refractivity contribution is -0.145. The number of carboxylic acid groups (broad SMARTS) is 5. The van der Waals surface area contributed by atoms with E-state index in [1.165, 1.54) is 21.8 Å². The molecule has 10 heterocycles. The van der Waals surface area contributed by atoms with E-state index in [1.54, 1.807) is 0 Å². The number of aliphatic hydroxyl groups is 8. The topological polar surface area (TPSA) is 1150 Å². The van der Waals surface area contributed by atoms with Crippen LogP contribution in [0.3, 0.4) is 0 Å². The van der Waals surface area contributed by atoms with Gasteiger partial charge in [0.05, 0.1) is 64.6 Å². The molecule has 0 aromatic carbocycles. The Kier molecular flexibility index (Phi) is 37.1. The number of nitrogens with zero attached hydrogens (tertiary/aromatic N) is 12. The maximum absolute atomic E-state index is 12.2. The van der Waals surface area contributed by atoms with Crippen LogP contribution in [0.5, 0.6) is 0 Å². The SMILES string of the molecule is N[C@@H](CC(=O)O)C(=O)O.Nc1c(C(=O)N[C@@H](CC(=O)O)C(=O)O)ncn1C1O[C@H](COP(=O)(O)O)[C@H](O)C1O.Nc1c(C(=O)O)ncn1C1O[C@H](COP(=O)(O)O)C(O)C1O.Nc1ncnc2c1ncn2[C@@H]1O[C@H](COP(=O)(O)OP(=O)(O)O)[C@@H](O)[C@H]1O.Nc1ncnc2c1ncn2[C@@H]1O[C@H](COP(=O)(O)OP(=O)(O)OP(=O)(O)O)[C@@H](O)[C@H]1O.O=P(O)(O)O. The number of carboxylic acids is 5. The summed E-state index contributed by atoms with van der Waals surface area (Å²) >= 11 is 0. The first kappa shape index (κ1) is 107. The van der Waals surface area contributed by atoms with Crippen molar-refractivity contribution in [1.29, 1.82) is 0 Å². The molecule has 0 spiro atoms. The number of nitrogens with two attached hydrogens (primary N) is 5. The predicted molar refractivity (Wildman–Crippen MR) is 381 cm³/mol. The van der Waals surface area contributed by atoms with Gasteiger partial charge in [0.1, 0.15) is 121 Å². The summed E-state index contributed by atoms with van der Waals surface area (Å²) in [6, 6.07) is -3.05. The number of aromatic carboxylic acids is 1. The van der Waals surface area contributed by atoms with Crippen molar-refractivity contribution in [2.75, 3.05) is 49.4 Å². The Morgan fingerprint density at radius 2 is 0.702 bits per heavy atom. The van der Waals surface area contributed by atoms with Crippen molar-refractivity contribution in [3.63, 3.8) is 0 Å². The van der Waals surface area contributed by atoms with Crippen molar-refractivity contribution < 1.29 is 250 Å². The summed E-state index contributed by atoms with van der Waals surface area (Å²) in [4.78, 5) is 213. The Labute approximate surface area is 683 Å². The summed E-state index contributed by atoms with van der Waals surface area (Å²) in [7, 11) is -41.4. The Balaban J connectivity index is 0.000000280. The molecule has 6 aromatic heterocycles. The molecule has 38 N–H and O–H groups in total. The highest BCUT2D eigenvalue weighted by molar-refractivity contribution is 7.66. The van der Waals surface area contributed by atoms with Crippen LogP contribution in [0.2, 0.25) is 0 Å². The van der Waals surface area contributed by atoms with Gasteiger partial charge in [0, 0.05) is 0 Å². The van der Waals surface area contributed by atoms with E-state index in [2.05, 4.69) is 70.9 Å². The highest BCUT2D eigenvalue weighted by Crippen LogP contribution is 2.66. The standard InChI is InChI=1S/C13H19N4O12P.C10H16N5O13P3.C10H15N5O10P2.C9H14N3O9P.C4H7NO4.H3O4P/c14-10-7(11(22)16-4(13(23)24)1-6(18)19)15-3-17(10)12-9(21)8(20)5(29-12)2-28-30(25,26)27;11-8-5-9(13-2-12-8)15(3-14-5)10-7(17)6(16)4(26-10)1-25-30(21,22)28-31(23,24)27-29(18,19)20;11-8-5-9(13-2-12-8)15(3-14-5)10-7(17)6(16)4(24-10)1-23-27(21,22)25-26(18,19)20;10-7-4(9(15)16)11-2-12(7)8-6(14)5(13)3(21-8)1-20-22(17,18)19;5-2(4(8)9)1-3(6)7;1-5(2,3)4/h3-5,8-9,12,20-21H,1-2,14H2,(H,16,22)(H,18,19)(H,23,24)(H2,25,26,27);2-4,6-7,10,16-17H,1H2,(H,21,22)(H,23,24)(H2,11,12,13)(H2,18,19,20);2-4,6-7,10,16-17H,1H2,(H,21,22)(H2,11,12,13)(H2,18,19,20);2-3,5-6,8,13-14H,1,10H2,(H,15,16)(H2,17,18,19);2H,1,5H2,(H,6,7)(H,8,9);(H3,1,2,3,4)/t4-,5+,8-,9?,12?;2*4-,6-,7-,10-;3-,5?,6?,8?;2-;/m01110./s1. The van der Waals surface area contributed by atoms with Gasteiger partial charge in [0.25, 0.3) is 5.91 Å². The van der Waals surface area contributed by atoms with Crippen molar-refractivity contribution in [2.45, 2.75) is 123 Å². The van der Waals surface area contributed by atoms with E-state index in [0.29, 0.717) is 0 Å². The number of amides is 1. The van der Waals surface area contributed by atoms with Gasteiger partial charge < -0.3 is 188 Å². The largest absolute Gasteiger partial charge is 0.490 e. The molecule has 8 unspecified atom stereocenters. The molecule has 4 aliphatic heterocycles. The molecule has 0 bridgehead atoms. The minimum absolute atomic E-state index is 0.0426. The number of carbonyl (C=O) groups excluding carboxylic acids is 1. The Hall–Kier alpha value is -7.98. The third-order valence-corrected chi connectivity index (χ3v) is 22.2. The smallest absolute Gasteiger partial charge is 0.481 e. The fourth-order valence-corrected chi connectivity index (χ4v) is 15.3. The van der Waals surface area contributed by atoms with Gasteiger partial charge in [-0.1, -0.05) is 0 Å². The highest BCUT2D eigenvalue weighted by atomic mass is 31.3. The fraction of sp³-hybridized carbons (Fsp3) is 0.522. The monoisotopic (exact) mass is 1960 g/mol. The normalized spacial score (nSPS) is 25.9. The van der Waals surface area contributed by atoms with Gasteiger partial charge in [0.2, 0.25) is 0 Å². The van der Waals surface area contributed by atoms with E-state index in [4.69, 9.17) is 136 Å². The van der Waals surface area contributed by atoms with Gasteiger partial charge in [-0.3, -0.25) is 55.5 Å². The Morgan fingerprint density at radius 3 is 1.00 bits per heavy atom. The molecular formula is C46H74N18O52P8. The van der Waals surface area contributed by atoms with Crippen LogP contribution in [0.4, 0.5) is 23.3 Å². The first-order valence-corrected chi connectivity index (χ1v) is 44.3. The molecule has 4 fully saturated rings. The number of ether oxygens (including phenoxy) is 4. The minimum Gasteiger partial charge on any atom is -0.481 e. The number of nitrogens with one attached hydrogen (secondary N) is 1. The molecule has 10 rings (SSSR count). The van der Waals surface area contributed by atoms with Crippen molar-refractivity contribution in [1.82, 2.24) is 63.5 Å². The molecule has 1 amide bonds. The molecule has 0 aliphatic carbocycles. The van der Waals surface area contributed by atoms with Gasteiger partial charge in [0.15, 0.2) is 59.2 Å². The highest BCUT2D eigenvalue weighted by Gasteiger charge is 2.51. The van der Waals surface area contributed by atoms with Crippen LogP contribution >= 0.6 is 62.6 Å². The van der Waals surface area contributed by atoms with Crippen LogP contribution < -0.4 is 34.0 Å². The number of anilines is 4. The van der Waals surface area contributed by atoms with E-state index < -0.39 is 265 Å². The molecule has 78 heteroatoms. The molecule has 21 atom stereocenters. The molecule has 4 saturated heterocycles. The van der Waals surface area contributed by atoms with Crippen LogP contribution in [0.1, 0.15) is 58.7 Å². The number of hydrogen-bond acceptors (Lipinski definition) is 46. The number of aliphatic hydroxyl groups excluding tert-OH is 8. The average Bonchev–Trinajstić information content (AvgIpc) is 1.64. The van der Waals surface area contributed by atoms with Crippen molar-refractivity contribution in [2.24, 2.45) is 5.73 Å². The number of phosphoric ester groups is 4. The Morgan fingerprint density at radius 1 is 0.395 bits per heavy atom. The molecule has 4 aliphatic rings. The molecule has 0 saturated carbocycles. The predicted octanol–water partition coefficient (Wildman–Crippen LogP) is -10.7. The van der Waals surface area contributed by atoms with Crippen LogP contribution in [0, 0.1) is 0 Å². The lowest BCUT2D eigenvalue weighted by Gasteiger charge is -2.19. The van der Waals surface area contributed by atoms with Crippen LogP contribution in [0.15, 0.2) is 38.0 Å². The number of imidazole rings is 4. The maximum Gasteiger partial charge on any atom is 0.490 e. The first-order chi connectivity index (χ1) is 56.6. The molecular weight excluding hydrogens is 1880 g/mol. The first-order valence-electron chi connectivity index (χ1n) is 32.1. The number of carbonyl (C=O) groups is 6. The molecule has 700 valence electrons. The second-order valence-corrected chi connectivity index (χ2v) is 35.0. The van der Waals surface area contributed by atoms with Gasteiger partial charge in [-0.05, 0) is 0 Å². The zero-order valence-corrected chi connectivity index (χ0v) is 67.9. The van der Waals surface area contributed by atoms with Gasteiger partial charge in [-0.2, -0.15) is 12.9 Å². The minimum atomic E-state index is -5.70. The number of aromatic nitrogens is 12. The zero-order chi connectivity index (χ0) is 94.6. The number of nitrogen functional groups attached to an aromatic ring is 4. The average molecular weight is 1960 g/mol. The van der Waals surface area contributed by atoms with Gasteiger partial charge in [-0.15, -0.1) is 0 Å². The summed E-state index contributed by atoms with van der Waals surface area (Å²) < 4.78 is 140. The van der Waals surface area contributed by atoms with Crippen molar-refractivity contribution in [3.8, 4) is 0 Å². The molecule has 6 aromatic rings. The van der Waals surface area contributed by atoms with Gasteiger partial charge in [-0.25, -0.2) is 86.0 Å². The van der Waals surface area contributed by atoms with E-state index in [0.717, 1.165) is 34.4 Å². The molecule has 0 radical (unpaired) electrons. The number of rotatable bonds is 31. The van der Waals surface area contributed by atoms with Crippen LogP contribution in [-0.4, -0.2) is 341 Å². The quantitative estimate of drug-likeness (QED) is 0.0180.